The summed E-state index contributed by atoms with van der Waals surface area (Å²) in [6.45, 7) is 1.06. The summed E-state index contributed by atoms with van der Waals surface area (Å²) in [6, 6.07) is 15.9. The molecule has 4 rings (SSSR count). The van der Waals surface area contributed by atoms with Crippen molar-refractivity contribution < 1.29 is 28.6 Å². The molecule has 0 saturated carbocycles. The highest BCUT2D eigenvalue weighted by Crippen LogP contribution is 2.29. The van der Waals surface area contributed by atoms with Crippen LogP contribution in [0.1, 0.15) is 26.7 Å². The van der Waals surface area contributed by atoms with Gasteiger partial charge < -0.3 is 24.3 Å². The van der Waals surface area contributed by atoms with Gasteiger partial charge >= 0.3 is 5.97 Å². The van der Waals surface area contributed by atoms with Crippen molar-refractivity contribution in [3.8, 4) is 22.6 Å². The zero-order chi connectivity index (χ0) is 19.5. The number of ether oxygens (including phenoxy) is 2. The van der Waals surface area contributed by atoms with Gasteiger partial charge in [-0.25, -0.2) is 4.79 Å². The molecule has 0 bridgehead atoms. The molecule has 28 heavy (non-hydrogen) atoms. The molecular formula is C21H17NO6. The Morgan fingerprint density at radius 2 is 1.86 bits per heavy atom. The zero-order valence-corrected chi connectivity index (χ0v) is 14.8. The fourth-order valence-corrected chi connectivity index (χ4v) is 2.90. The lowest BCUT2D eigenvalue weighted by atomic mass is 10.0. The summed E-state index contributed by atoms with van der Waals surface area (Å²) >= 11 is 0. The van der Waals surface area contributed by atoms with E-state index in [0.717, 1.165) is 11.1 Å². The molecule has 0 radical (unpaired) electrons. The van der Waals surface area contributed by atoms with E-state index in [1.807, 2.05) is 24.3 Å². The van der Waals surface area contributed by atoms with E-state index in [1.54, 1.807) is 24.3 Å². The number of fused-ring (bicyclic) bond motifs is 1. The highest BCUT2D eigenvalue weighted by atomic mass is 16.5. The molecule has 1 aliphatic rings. The number of carboxylic acid groups (broad SMARTS) is 1. The molecule has 1 aromatic heterocycles. The van der Waals surface area contributed by atoms with Crippen molar-refractivity contribution in [2.24, 2.45) is 0 Å². The second-order valence-corrected chi connectivity index (χ2v) is 6.20. The van der Waals surface area contributed by atoms with Gasteiger partial charge in [0.1, 0.15) is 30.5 Å². The van der Waals surface area contributed by atoms with Crippen LogP contribution in [0.15, 0.2) is 59.0 Å². The van der Waals surface area contributed by atoms with Gasteiger partial charge in [0, 0.05) is 0 Å². The van der Waals surface area contributed by atoms with Gasteiger partial charge in [-0.1, -0.05) is 18.2 Å². The summed E-state index contributed by atoms with van der Waals surface area (Å²) < 4.78 is 16.4. The summed E-state index contributed by atoms with van der Waals surface area (Å²) in [7, 11) is 0. The number of hydrogen-bond donors (Lipinski definition) is 2. The van der Waals surface area contributed by atoms with Gasteiger partial charge in [-0.2, -0.15) is 0 Å². The van der Waals surface area contributed by atoms with E-state index < -0.39 is 5.97 Å². The van der Waals surface area contributed by atoms with E-state index in [1.165, 1.54) is 6.07 Å². The van der Waals surface area contributed by atoms with Crippen LogP contribution in [0.25, 0.3) is 11.1 Å². The number of aromatic carboxylic acids is 1. The van der Waals surface area contributed by atoms with Crippen LogP contribution >= 0.6 is 0 Å². The molecule has 0 spiro atoms. The summed E-state index contributed by atoms with van der Waals surface area (Å²) in [6.07, 6.45) is 0. The van der Waals surface area contributed by atoms with Gasteiger partial charge in [0.2, 0.25) is 5.76 Å². The lowest BCUT2D eigenvalue weighted by Gasteiger charge is -2.09. The van der Waals surface area contributed by atoms with E-state index in [0.29, 0.717) is 36.0 Å². The third-order valence-electron chi connectivity index (χ3n) is 4.31. The summed E-state index contributed by atoms with van der Waals surface area (Å²) in [5.41, 5.74) is 2.34. The van der Waals surface area contributed by atoms with Gasteiger partial charge in [0.25, 0.3) is 5.91 Å². The summed E-state index contributed by atoms with van der Waals surface area (Å²) in [4.78, 5) is 23.0. The first kappa shape index (κ1) is 17.7. The van der Waals surface area contributed by atoms with Crippen LogP contribution < -0.4 is 14.8 Å². The Balaban J connectivity index is 1.47. The highest BCUT2D eigenvalue weighted by molar-refractivity contribution is 5.98. The van der Waals surface area contributed by atoms with E-state index in [2.05, 4.69) is 5.32 Å². The maximum atomic E-state index is 12.2. The minimum Gasteiger partial charge on any atom is -0.491 e. The third kappa shape index (κ3) is 3.68. The van der Waals surface area contributed by atoms with Crippen LogP contribution in [-0.4, -0.2) is 30.1 Å². The number of amides is 1. The van der Waals surface area contributed by atoms with Crippen LogP contribution in [0.4, 0.5) is 0 Å². The normalized spacial score (nSPS) is 13.1. The third-order valence-corrected chi connectivity index (χ3v) is 4.31. The molecule has 2 heterocycles. The largest absolute Gasteiger partial charge is 0.491 e. The predicted molar refractivity (Wildman–Crippen MR) is 99.7 cm³/mol. The number of carbonyl (C=O) groups excluding carboxylic acids is 1. The number of furan rings is 1. The number of carbonyl (C=O) groups is 2. The zero-order valence-electron chi connectivity index (χ0n) is 14.8. The maximum absolute atomic E-state index is 12.2. The first-order chi connectivity index (χ1) is 13.6. The van der Waals surface area contributed by atoms with Crippen molar-refractivity contribution in [2.45, 2.75) is 6.61 Å². The molecule has 0 fully saturated rings. The Bertz CT molecular complexity index is 1020. The van der Waals surface area contributed by atoms with E-state index in [4.69, 9.17) is 19.0 Å². The second-order valence-electron chi connectivity index (χ2n) is 6.20. The number of benzene rings is 2. The van der Waals surface area contributed by atoms with E-state index in [-0.39, 0.29) is 18.3 Å². The summed E-state index contributed by atoms with van der Waals surface area (Å²) in [5, 5.41) is 11.7. The van der Waals surface area contributed by atoms with E-state index >= 15 is 0 Å². The second kappa shape index (κ2) is 7.48. The molecular weight excluding hydrogens is 362 g/mol. The minimum atomic E-state index is -1.12. The highest BCUT2D eigenvalue weighted by Gasteiger charge is 2.17. The molecule has 0 atom stereocenters. The molecule has 2 aromatic carbocycles. The fraction of sp³-hybridized carbons (Fsp3) is 0.143. The molecule has 0 aliphatic carbocycles. The first-order valence-corrected chi connectivity index (χ1v) is 8.70. The molecule has 0 saturated heterocycles. The Hall–Kier alpha value is -3.74. The number of nitrogens with one attached hydrogen (secondary N) is 1. The predicted octanol–water partition coefficient (Wildman–Crippen LogP) is 3.35. The molecule has 1 aliphatic heterocycles. The number of rotatable bonds is 5. The summed E-state index contributed by atoms with van der Waals surface area (Å²) in [5.74, 6) is 0.248. The molecule has 7 nitrogen and oxygen atoms in total. The SMILES string of the molecule is O=C(O)c1ccc(COc2ccc(-c3ccc4c(c3)C(=O)NCCO4)cc2)o1. The monoisotopic (exact) mass is 379 g/mol. The van der Waals surface area contributed by atoms with Crippen LogP contribution in [0.2, 0.25) is 0 Å². The first-order valence-electron chi connectivity index (χ1n) is 8.70. The van der Waals surface area contributed by atoms with Crippen molar-refractivity contribution in [1.29, 1.82) is 0 Å². The van der Waals surface area contributed by atoms with E-state index in [9.17, 15) is 9.59 Å². The fourth-order valence-electron chi connectivity index (χ4n) is 2.90. The smallest absolute Gasteiger partial charge is 0.371 e. The molecule has 0 unspecified atom stereocenters. The molecule has 7 heteroatoms. The van der Waals surface area contributed by atoms with Crippen molar-refractivity contribution in [2.75, 3.05) is 13.2 Å². The number of hydrogen-bond acceptors (Lipinski definition) is 5. The Kier molecular flexibility index (Phi) is 4.72. The molecule has 1 amide bonds. The topological polar surface area (TPSA) is 98.0 Å². The van der Waals surface area contributed by atoms with Crippen molar-refractivity contribution >= 4 is 11.9 Å². The van der Waals surface area contributed by atoms with Gasteiger partial charge in [-0.3, -0.25) is 4.79 Å². The Labute approximate surface area is 160 Å². The minimum absolute atomic E-state index is 0.120. The van der Waals surface area contributed by atoms with Crippen LogP contribution in [-0.2, 0) is 6.61 Å². The van der Waals surface area contributed by atoms with Crippen LogP contribution in [0, 0.1) is 0 Å². The van der Waals surface area contributed by atoms with Crippen molar-refractivity contribution in [3.63, 3.8) is 0 Å². The van der Waals surface area contributed by atoms with Crippen LogP contribution in [0.3, 0.4) is 0 Å². The number of carboxylic acids is 1. The average molecular weight is 379 g/mol. The van der Waals surface area contributed by atoms with Crippen LogP contribution in [0.5, 0.6) is 11.5 Å². The maximum Gasteiger partial charge on any atom is 0.371 e. The van der Waals surface area contributed by atoms with Gasteiger partial charge in [0.05, 0.1) is 12.1 Å². The Morgan fingerprint density at radius 1 is 1.07 bits per heavy atom. The standard InChI is InChI=1S/C21H17NO6/c23-20-17-11-14(3-7-18(17)26-10-9-22-20)13-1-4-15(5-2-13)27-12-16-6-8-19(28-16)21(24)25/h1-8,11H,9-10,12H2,(H,22,23)(H,24,25). The van der Waals surface area contributed by atoms with Crippen molar-refractivity contribution in [3.05, 3.63) is 71.7 Å². The molecule has 3 aromatic rings. The van der Waals surface area contributed by atoms with Gasteiger partial charge in [-0.15, -0.1) is 0 Å². The van der Waals surface area contributed by atoms with Gasteiger partial charge in [-0.05, 0) is 47.5 Å². The average Bonchev–Trinajstić information content (AvgIpc) is 3.12. The lowest BCUT2D eigenvalue weighted by molar-refractivity contribution is 0.0658. The quantitative estimate of drug-likeness (QED) is 0.706. The molecule has 2 N–H and O–H groups in total. The lowest BCUT2D eigenvalue weighted by Crippen LogP contribution is -2.24. The van der Waals surface area contributed by atoms with Crippen molar-refractivity contribution in [1.82, 2.24) is 5.32 Å². The molecule has 142 valence electrons. The van der Waals surface area contributed by atoms with Gasteiger partial charge in [0.15, 0.2) is 0 Å². The Morgan fingerprint density at radius 3 is 2.61 bits per heavy atom.